The Morgan fingerprint density at radius 3 is 2.32 bits per heavy atom. The molecule has 2 aromatic heterocycles. The summed E-state index contributed by atoms with van der Waals surface area (Å²) < 4.78 is 26.1. The molecule has 19 heavy (non-hydrogen) atoms. The van der Waals surface area contributed by atoms with Crippen molar-refractivity contribution >= 4 is 10.0 Å². The van der Waals surface area contributed by atoms with Gasteiger partial charge >= 0.3 is 0 Å². The molecule has 2 aromatic rings. The lowest BCUT2D eigenvalue weighted by Crippen LogP contribution is -2.27. The van der Waals surface area contributed by atoms with Crippen LogP contribution in [0.2, 0.25) is 0 Å². The molecule has 104 valence electrons. The van der Waals surface area contributed by atoms with E-state index in [1.54, 1.807) is 20.8 Å². The summed E-state index contributed by atoms with van der Waals surface area (Å²) in [6.45, 7) is 5.20. The third-order valence-electron chi connectivity index (χ3n) is 2.74. The molecule has 0 amide bonds. The Labute approximate surface area is 111 Å². The van der Waals surface area contributed by atoms with Gasteiger partial charge in [-0.25, -0.2) is 13.4 Å². The van der Waals surface area contributed by atoms with E-state index in [1.807, 2.05) is 0 Å². The van der Waals surface area contributed by atoms with Crippen LogP contribution in [0.4, 0.5) is 0 Å². The quantitative estimate of drug-likeness (QED) is 0.838. The Balaban J connectivity index is 2.30. The Morgan fingerprint density at radius 2 is 1.84 bits per heavy atom. The lowest BCUT2D eigenvalue weighted by molar-refractivity contribution is 0.456. The number of H-pyrrole nitrogens is 2. The van der Waals surface area contributed by atoms with Gasteiger partial charge in [0.15, 0.2) is 5.82 Å². The summed E-state index contributed by atoms with van der Waals surface area (Å²) >= 11 is 0. The Morgan fingerprint density at radius 1 is 1.16 bits per heavy atom. The molecule has 9 heteroatoms. The maximum Gasteiger partial charge on any atom is 0.246 e. The van der Waals surface area contributed by atoms with Gasteiger partial charge in [-0.2, -0.15) is 14.5 Å². The molecular formula is C10H16N6O2S. The van der Waals surface area contributed by atoms with Crippen LogP contribution in [0, 0.1) is 20.8 Å². The maximum absolute atomic E-state index is 12.4. The van der Waals surface area contributed by atoms with E-state index in [0.717, 1.165) is 0 Å². The second-order valence-electron chi connectivity index (χ2n) is 4.36. The first-order valence-corrected chi connectivity index (χ1v) is 7.12. The highest BCUT2D eigenvalue weighted by atomic mass is 32.2. The Hall–Kier alpha value is -1.74. The van der Waals surface area contributed by atoms with Crippen LogP contribution in [0.1, 0.15) is 23.0 Å². The Bertz CT molecular complexity index is 667. The minimum Gasteiger partial charge on any atom is -0.281 e. The van der Waals surface area contributed by atoms with E-state index in [0.29, 0.717) is 23.0 Å². The molecule has 0 aliphatic heterocycles. The number of aromatic nitrogens is 5. The van der Waals surface area contributed by atoms with E-state index in [2.05, 4.69) is 25.4 Å². The van der Waals surface area contributed by atoms with Crippen molar-refractivity contribution < 1.29 is 8.42 Å². The van der Waals surface area contributed by atoms with E-state index in [-0.39, 0.29) is 11.4 Å². The van der Waals surface area contributed by atoms with Gasteiger partial charge in [-0.05, 0) is 20.8 Å². The van der Waals surface area contributed by atoms with Gasteiger partial charge in [-0.3, -0.25) is 10.2 Å². The number of hydrogen-bond donors (Lipinski definition) is 2. The van der Waals surface area contributed by atoms with Crippen LogP contribution in [0.15, 0.2) is 4.90 Å². The molecule has 0 saturated heterocycles. The van der Waals surface area contributed by atoms with Crippen molar-refractivity contribution in [2.75, 3.05) is 7.05 Å². The number of rotatable bonds is 4. The third-order valence-corrected chi connectivity index (χ3v) is 4.80. The smallest absolute Gasteiger partial charge is 0.246 e. The SMILES string of the molecule is Cc1nc(CN(C)S(=O)(=O)c2c(C)n[nH]c2C)n[nH]1. The highest BCUT2D eigenvalue weighted by Crippen LogP contribution is 2.21. The van der Waals surface area contributed by atoms with Crippen molar-refractivity contribution in [2.24, 2.45) is 0 Å². The molecule has 2 heterocycles. The van der Waals surface area contributed by atoms with Crippen LogP contribution in [-0.4, -0.2) is 45.1 Å². The molecular weight excluding hydrogens is 268 g/mol. The molecule has 0 radical (unpaired) electrons. The summed E-state index contributed by atoms with van der Waals surface area (Å²) in [6, 6.07) is 0. The van der Waals surface area contributed by atoms with Gasteiger partial charge in [0.25, 0.3) is 0 Å². The first-order chi connectivity index (χ1) is 8.82. The summed E-state index contributed by atoms with van der Waals surface area (Å²) in [7, 11) is -2.11. The molecule has 0 aliphatic rings. The minimum absolute atomic E-state index is 0.108. The number of nitrogens with one attached hydrogen (secondary N) is 2. The summed E-state index contributed by atoms with van der Waals surface area (Å²) in [5.41, 5.74) is 0.978. The molecule has 0 atom stereocenters. The topological polar surface area (TPSA) is 108 Å². The number of aromatic amines is 2. The van der Waals surface area contributed by atoms with Gasteiger partial charge in [0.2, 0.25) is 10.0 Å². The predicted molar refractivity (Wildman–Crippen MR) is 67.8 cm³/mol. The van der Waals surface area contributed by atoms with Crippen molar-refractivity contribution in [1.29, 1.82) is 0 Å². The van der Waals surface area contributed by atoms with Gasteiger partial charge in [0, 0.05) is 7.05 Å². The van der Waals surface area contributed by atoms with Crippen LogP contribution < -0.4 is 0 Å². The van der Waals surface area contributed by atoms with Gasteiger partial charge in [0.05, 0.1) is 17.9 Å². The van der Waals surface area contributed by atoms with Gasteiger partial charge in [-0.1, -0.05) is 0 Å². The highest BCUT2D eigenvalue weighted by molar-refractivity contribution is 7.89. The standard InChI is InChI=1S/C10H16N6O2S/c1-6-10(7(2)13-12-6)19(17,18)16(4)5-9-11-8(3)14-15-9/h5H2,1-4H3,(H,12,13)(H,11,14,15). The zero-order valence-electron chi connectivity index (χ0n) is 11.2. The van der Waals surface area contributed by atoms with Crippen LogP contribution in [0.3, 0.4) is 0 Å². The molecule has 2 N–H and O–H groups in total. The van der Waals surface area contributed by atoms with Crippen LogP contribution in [-0.2, 0) is 16.6 Å². The highest BCUT2D eigenvalue weighted by Gasteiger charge is 2.27. The zero-order chi connectivity index (χ0) is 14.2. The minimum atomic E-state index is -3.60. The Kier molecular flexibility index (Phi) is 3.42. The number of aryl methyl sites for hydroxylation is 3. The van der Waals surface area contributed by atoms with E-state index in [9.17, 15) is 8.42 Å². The molecule has 8 nitrogen and oxygen atoms in total. The van der Waals surface area contributed by atoms with Gasteiger partial charge < -0.3 is 0 Å². The zero-order valence-corrected chi connectivity index (χ0v) is 12.0. The summed E-state index contributed by atoms with van der Waals surface area (Å²) in [5, 5.41) is 13.2. The van der Waals surface area contributed by atoms with E-state index in [4.69, 9.17) is 0 Å². The van der Waals surface area contributed by atoms with Crippen LogP contribution >= 0.6 is 0 Å². The lowest BCUT2D eigenvalue weighted by atomic mass is 10.4. The summed E-state index contributed by atoms with van der Waals surface area (Å²) in [4.78, 5) is 4.30. The normalized spacial score (nSPS) is 12.3. The van der Waals surface area contributed by atoms with Gasteiger partial charge in [-0.15, -0.1) is 0 Å². The number of sulfonamides is 1. The fourth-order valence-electron chi connectivity index (χ4n) is 1.82. The van der Waals surface area contributed by atoms with Crippen LogP contribution in [0.25, 0.3) is 0 Å². The third kappa shape index (κ3) is 2.51. The molecule has 0 saturated carbocycles. The second kappa shape index (κ2) is 4.74. The predicted octanol–water partition coefficient (Wildman–Crippen LogP) is 0.274. The number of nitrogens with zero attached hydrogens (tertiary/aromatic N) is 4. The van der Waals surface area contributed by atoms with Crippen LogP contribution in [0.5, 0.6) is 0 Å². The fraction of sp³-hybridized carbons (Fsp3) is 0.500. The largest absolute Gasteiger partial charge is 0.281 e. The molecule has 0 bridgehead atoms. The van der Waals surface area contributed by atoms with Crippen molar-refractivity contribution in [1.82, 2.24) is 29.7 Å². The van der Waals surface area contributed by atoms with Crippen molar-refractivity contribution in [3.8, 4) is 0 Å². The molecule has 0 aromatic carbocycles. The molecule has 0 spiro atoms. The van der Waals surface area contributed by atoms with Crippen molar-refractivity contribution in [3.05, 3.63) is 23.0 Å². The molecule has 0 unspecified atom stereocenters. The molecule has 0 fully saturated rings. The van der Waals surface area contributed by atoms with E-state index in [1.165, 1.54) is 11.4 Å². The van der Waals surface area contributed by atoms with Crippen molar-refractivity contribution in [3.63, 3.8) is 0 Å². The molecule has 0 aliphatic carbocycles. The van der Waals surface area contributed by atoms with Crippen molar-refractivity contribution in [2.45, 2.75) is 32.2 Å². The monoisotopic (exact) mass is 284 g/mol. The summed E-state index contributed by atoms with van der Waals surface area (Å²) in [5.74, 6) is 1.08. The average Bonchev–Trinajstić information content (AvgIpc) is 2.85. The van der Waals surface area contributed by atoms with E-state index >= 15 is 0 Å². The van der Waals surface area contributed by atoms with Gasteiger partial charge in [0.1, 0.15) is 10.7 Å². The second-order valence-corrected chi connectivity index (χ2v) is 6.34. The first-order valence-electron chi connectivity index (χ1n) is 5.68. The number of hydrogen-bond acceptors (Lipinski definition) is 5. The average molecular weight is 284 g/mol. The fourth-order valence-corrected chi connectivity index (χ4v) is 3.27. The lowest BCUT2D eigenvalue weighted by Gasteiger charge is -2.15. The summed E-state index contributed by atoms with van der Waals surface area (Å²) in [6.07, 6.45) is 0. The molecule has 2 rings (SSSR count). The maximum atomic E-state index is 12.4. The van der Waals surface area contributed by atoms with E-state index < -0.39 is 10.0 Å². The first kappa shape index (κ1) is 13.7.